The van der Waals surface area contributed by atoms with Gasteiger partial charge in [-0.2, -0.15) is 5.10 Å². The highest BCUT2D eigenvalue weighted by atomic mass is 16.5. The SMILES string of the molecule is COc1cccc2c1n(-c1ccc(-c3cncc4c3cnn4C)cc1)c(=O)n2CC(=O)O. The number of fused-ring (bicyclic) bond motifs is 2. The first-order valence-corrected chi connectivity index (χ1v) is 9.86. The molecule has 9 heteroatoms. The predicted molar refractivity (Wildman–Crippen MR) is 119 cm³/mol. The summed E-state index contributed by atoms with van der Waals surface area (Å²) in [4.78, 5) is 28.9. The first-order chi connectivity index (χ1) is 15.5. The summed E-state index contributed by atoms with van der Waals surface area (Å²) in [5.74, 6) is -0.612. The van der Waals surface area contributed by atoms with Gasteiger partial charge in [0.2, 0.25) is 0 Å². The van der Waals surface area contributed by atoms with Gasteiger partial charge in [0.05, 0.1) is 36.2 Å². The van der Waals surface area contributed by atoms with Crippen LogP contribution in [0.3, 0.4) is 0 Å². The molecule has 1 N–H and O–H groups in total. The van der Waals surface area contributed by atoms with Crippen LogP contribution in [0.1, 0.15) is 0 Å². The fourth-order valence-electron chi connectivity index (χ4n) is 4.04. The van der Waals surface area contributed by atoms with E-state index in [1.807, 2.05) is 31.3 Å². The second kappa shape index (κ2) is 7.38. The van der Waals surface area contributed by atoms with Crippen LogP contribution in [-0.4, -0.2) is 42.1 Å². The largest absolute Gasteiger partial charge is 0.494 e. The molecule has 0 atom stereocenters. The number of aliphatic carboxylic acids is 1. The summed E-state index contributed by atoms with van der Waals surface area (Å²) in [7, 11) is 3.38. The van der Waals surface area contributed by atoms with Crippen molar-refractivity contribution < 1.29 is 14.6 Å². The molecule has 0 aliphatic heterocycles. The Morgan fingerprint density at radius 1 is 1.06 bits per heavy atom. The van der Waals surface area contributed by atoms with Gasteiger partial charge in [-0.3, -0.25) is 23.6 Å². The summed E-state index contributed by atoms with van der Waals surface area (Å²) in [5.41, 5.74) is 3.94. The Morgan fingerprint density at radius 3 is 2.56 bits per heavy atom. The van der Waals surface area contributed by atoms with Crippen molar-refractivity contribution in [3.63, 3.8) is 0 Å². The maximum absolute atomic E-state index is 13.2. The number of imidazole rings is 1. The van der Waals surface area contributed by atoms with E-state index in [0.29, 0.717) is 22.5 Å². The Balaban J connectivity index is 1.69. The maximum Gasteiger partial charge on any atom is 0.334 e. The van der Waals surface area contributed by atoms with Crippen molar-refractivity contribution >= 4 is 27.9 Å². The monoisotopic (exact) mass is 429 g/mol. The number of hydrogen-bond acceptors (Lipinski definition) is 5. The van der Waals surface area contributed by atoms with Crippen LogP contribution in [-0.2, 0) is 18.4 Å². The lowest BCUT2D eigenvalue weighted by molar-refractivity contribution is -0.137. The molecule has 3 aromatic heterocycles. The number of nitrogens with zero attached hydrogens (tertiary/aromatic N) is 5. The van der Waals surface area contributed by atoms with Crippen LogP contribution >= 0.6 is 0 Å². The molecule has 0 spiro atoms. The van der Waals surface area contributed by atoms with E-state index in [2.05, 4.69) is 10.1 Å². The van der Waals surface area contributed by atoms with E-state index in [1.165, 1.54) is 16.2 Å². The standard InChI is InChI=1S/C23H19N5O4/c1-26-19-12-24-10-16(17(19)11-25-26)14-6-8-15(9-7-14)28-22-18(4-3-5-20(22)32-2)27(23(28)31)13-21(29)30/h3-12H,13H2,1-2H3,(H,29,30). The van der Waals surface area contributed by atoms with Gasteiger partial charge in [-0.25, -0.2) is 4.79 Å². The zero-order chi connectivity index (χ0) is 22.4. The highest BCUT2D eigenvalue weighted by Gasteiger charge is 2.20. The van der Waals surface area contributed by atoms with E-state index >= 15 is 0 Å². The minimum Gasteiger partial charge on any atom is -0.494 e. The topological polar surface area (TPSA) is 104 Å². The van der Waals surface area contributed by atoms with Crippen molar-refractivity contribution in [2.75, 3.05) is 7.11 Å². The summed E-state index contributed by atoms with van der Waals surface area (Å²) < 4.78 is 9.94. The number of benzene rings is 2. The third kappa shape index (κ3) is 2.94. The van der Waals surface area contributed by atoms with Crippen LogP contribution in [0, 0.1) is 0 Å². The van der Waals surface area contributed by atoms with E-state index in [-0.39, 0.29) is 0 Å². The van der Waals surface area contributed by atoms with Crippen molar-refractivity contribution in [1.82, 2.24) is 23.9 Å². The molecule has 0 fully saturated rings. The second-order valence-corrected chi connectivity index (χ2v) is 7.36. The summed E-state index contributed by atoms with van der Waals surface area (Å²) in [5, 5.41) is 14.6. The van der Waals surface area contributed by atoms with Gasteiger partial charge < -0.3 is 9.84 Å². The van der Waals surface area contributed by atoms with E-state index in [4.69, 9.17) is 4.74 Å². The van der Waals surface area contributed by atoms with E-state index in [0.717, 1.165) is 22.0 Å². The third-order valence-corrected chi connectivity index (χ3v) is 5.54. The molecule has 32 heavy (non-hydrogen) atoms. The minimum absolute atomic E-state index is 0.442. The molecule has 0 saturated carbocycles. The lowest BCUT2D eigenvalue weighted by atomic mass is 10.0. The molecule has 0 saturated heterocycles. The summed E-state index contributed by atoms with van der Waals surface area (Å²) >= 11 is 0. The van der Waals surface area contributed by atoms with Gasteiger partial charge in [0.25, 0.3) is 0 Å². The molecule has 9 nitrogen and oxygen atoms in total. The Hall–Kier alpha value is -4.40. The number of pyridine rings is 1. The van der Waals surface area contributed by atoms with Crippen molar-refractivity contribution in [2.24, 2.45) is 7.05 Å². The Kier molecular flexibility index (Phi) is 4.51. The predicted octanol–water partition coefficient (Wildman–Crippen LogP) is 2.83. The number of aromatic nitrogens is 5. The van der Waals surface area contributed by atoms with Crippen LogP contribution in [0.4, 0.5) is 0 Å². The number of ether oxygens (including phenoxy) is 1. The molecular formula is C23H19N5O4. The van der Waals surface area contributed by atoms with Gasteiger partial charge >= 0.3 is 11.7 Å². The molecule has 3 heterocycles. The molecule has 0 aliphatic carbocycles. The fraction of sp³-hybridized carbons (Fsp3) is 0.130. The van der Waals surface area contributed by atoms with Gasteiger partial charge in [-0.05, 0) is 29.8 Å². The zero-order valence-electron chi connectivity index (χ0n) is 17.4. The summed E-state index contributed by atoms with van der Waals surface area (Å²) in [6.07, 6.45) is 5.35. The molecule has 0 bridgehead atoms. The van der Waals surface area contributed by atoms with Crippen LogP contribution in [0.5, 0.6) is 5.75 Å². The van der Waals surface area contributed by atoms with Gasteiger partial charge in [-0.1, -0.05) is 18.2 Å². The Labute approximate surface area is 181 Å². The number of aryl methyl sites for hydroxylation is 1. The third-order valence-electron chi connectivity index (χ3n) is 5.54. The number of carbonyl (C=O) groups is 1. The van der Waals surface area contributed by atoms with Gasteiger partial charge in [0, 0.05) is 24.2 Å². The van der Waals surface area contributed by atoms with Gasteiger partial charge in [-0.15, -0.1) is 0 Å². The molecular weight excluding hydrogens is 410 g/mol. The van der Waals surface area contributed by atoms with Crippen molar-refractivity contribution in [3.05, 3.63) is 71.5 Å². The quantitative estimate of drug-likeness (QED) is 0.461. The molecule has 2 aromatic carbocycles. The zero-order valence-corrected chi connectivity index (χ0v) is 17.4. The van der Waals surface area contributed by atoms with Crippen molar-refractivity contribution in [3.8, 4) is 22.6 Å². The fourth-order valence-corrected chi connectivity index (χ4v) is 4.04. The average molecular weight is 429 g/mol. The molecule has 0 unspecified atom stereocenters. The highest BCUT2D eigenvalue weighted by Crippen LogP contribution is 2.30. The number of hydrogen-bond donors (Lipinski definition) is 1. The normalized spacial score (nSPS) is 11.3. The number of rotatable bonds is 5. The molecule has 5 aromatic rings. The average Bonchev–Trinajstić information content (AvgIpc) is 3.31. The Bertz CT molecular complexity index is 1540. The van der Waals surface area contributed by atoms with E-state index < -0.39 is 18.2 Å². The van der Waals surface area contributed by atoms with Crippen molar-refractivity contribution in [2.45, 2.75) is 6.54 Å². The lowest BCUT2D eigenvalue weighted by Crippen LogP contribution is -2.26. The van der Waals surface area contributed by atoms with Crippen LogP contribution in [0.15, 0.2) is 65.8 Å². The molecule has 5 rings (SSSR count). The van der Waals surface area contributed by atoms with E-state index in [9.17, 15) is 14.7 Å². The molecule has 0 amide bonds. The first kappa shape index (κ1) is 19.6. The lowest BCUT2D eigenvalue weighted by Gasteiger charge is -2.09. The highest BCUT2D eigenvalue weighted by molar-refractivity contribution is 5.94. The summed E-state index contributed by atoms with van der Waals surface area (Å²) in [6, 6.07) is 12.6. The number of carboxylic acid groups (broad SMARTS) is 1. The van der Waals surface area contributed by atoms with Crippen LogP contribution in [0.2, 0.25) is 0 Å². The second-order valence-electron chi connectivity index (χ2n) is 7.36. The van der Waals surface area contributed by atoms with E-state index in [1.54, 1.807) is 41.5 Å². The van der Waals surface area contributed by atoms with Crippen LogP contribution in [0.25, 0.3) is 38.8 Å². The molecule has 160 valence electrons. The van der Waals surface area contributed by atoms with Crippen LogP contribution < -0.4 is 10.4 Å². The van der Waals surface area contributed by atoms with Gasteiger partial charge in [0.1, 0.15) is 17.8 Å². The number of para-hydroxylation sites is 1. The number of methoxy groups -OCH3 is 1. The molecule has 0 radical (unpaired) electrons. The first-order valence-electron chi connectivity index (χ1n) is 9.86. The van der Waals surface area contributed by atoms with Gasteiger partial charge in [0.15, 0.2) is 0 Å². The van der Waals surface area contributed by atoms with Crippen molar-refractivity contribution in [1.29, 1.82) is 0 Å². The number of carboxylic acids is 1. The Morgan fingerprint density at radius 2 is 1.84 bits per heavy atom. The smallest absolute Gasteiger partial charge is 0.334 e. The summed E-state index contributed by atoms with van der Waals surface area (Å²) in [6.45, 7) is -0.442. The minimum atomic E-state index is -1.10. The molecule has 0 aliphatic rings. The maximum atomic E-state index is 13.2.